The Bertz CT molecular complexity index is 544. The van der Waals surface area contributed by atoms with Gasteiger partial charge in [-0.15, -0.1) is 0 Å². The normalized spacial score (nSPS) is 17.0. The first-order chi connectivity index (χ1) is 11.1. The number of rotatable bonds is 7. The van der Waals surface area contributed by atoms with Crippen molar-refractivity contribution in [1.29, 1.82) is 0 Å². The lowest BCUT2D eigenvalue weighted by atomic mass is 10.2. The summed E-state index contributed by atoms with van der Waals surface area (Å²) in [5.41, 5.74) is 0.879. The molecule has 6 heteroatoms. The van der Waals surface area contributed by atoms with Gasteiger partial charge in [-0.1, -0.05) is 29.8 Å². The summed E-state index contributed by atoms with van der Waals surface area (Å²) >= 11 is 6.13. The lowest BCUT2D eigenvalue weighted by molar-refractivity contribution is -0.130. The SMILES string of the molecule is CC(=O)N(CCC(=O)NCC1CCCO1)Cc1ccccc1Cl. The third-order valence-corrected chi connectivity index (χ3v) is 4.29. The maximum Gasteiger partial charge on any atom is 0.221 e. The first-order valence-electron chi connectivity index (χ1n) is 7.93. The van der Waals surface area contributed by atoms with Crippen LogP contribution in [0.4, 0.5) is 0 Å². The molecule has 23 heavy (non-hydrogen) atoms. The van der Waals surface area contributed by atoms with Gasteiger partial charge in [0.15, 0.2) is 0 Å². The van der Waals surface area contributed by atoms with E-state index in [9.17, 15) is 9.59 Å². The predicted molar refractivity (Wildman–Crippen MR) is 89.1 cm³/mol. The van der Waals surface area contributed by atoms with E-state index in [1.54, 1.807) is 11.0 Å². The Morgan fingerprint density at radius 2 is 2.17 bits per heavy atom. The zero-order valence-electron chi connectivity index (χ0n) is 13.4. The second-order valence-corrected chi connectivity index (χ2v) is 6.13. The van der Waals surface area contributed by atoms with Crippen LogP contribution in [0, 0.1) is 0 Å². The number of carbonyl (C=O) groups excluding carboxylic acids is 2. The van der Waals surface area contributed by atoms with Crippen molar-refractivity contribution in [3.8, 4) is 0 Å². The standard InChI is InChI=1S/C17H23ClN2O3/c1-13(21)20(12-14-5-2-3-7-16(14)18)9-8-17(22)19-11-15-6-4-10-23-15/h2-3,5,7,15H,4,6,8-12H2,1H3,(H,19,22). The largest absolute Gasteiger partial charge is 0.376 e. The summed E-state index contributed by atoms with van der Waals surface area (Å²) in [6, 6.07) is 7.41. The quantitative estimate of drug-likeness (QED) is 0.830. The van der Waals surface area contributed by atoms with E-state index in [1.807, 2.05) is 18.2 Å². The van der Waals surface area contributed by atoms with Gasteiger partial charge >= 0.3 is 0 Å². The van der Waals surface area contributed by atoms with Crippen LogP contribution in [0.3, 0.4) is 0 Å². The van der Waals surface area contributed by atoms with Crippen LogP contribution in [0.1, 0.15) is 31.7 Å². The Morgan fingerprint density at radius 1 is 1.39 bits per heavy atom. The maximum absolute atomic E-state index is 11.9. The molecule has 0 aromatic heterocycles. The van der Waals surface area contributed by atoms with Crippen molar-refractivity contribution in [1.82, 2.24) is 10.2 Å². The van der Waals surface area contributed by atoms with Crippen molar-refractivity contribution in [2.24, 2.45) is 0 Å². The molecular weight excluding hydrogens is 316 g/mol. The Labute approximate surface area is 141 Å². The highest BCUT2D eigenvalue weighted by atomic mass is 35.5. The van der Waals surface area contributed by atoms with Crippen molar-refractivity contribution in [3.05, 3.63) is 34.9 Å². The number of amides is 2. The topological polar surface area (TPSA) is 58.6 Å². The van der Waals surface area contributed by atoms with E-state index in [1.165, 1.54) is 6.92 Å². The van der Waals surface area contributed by atoms with Gasteiger partial charge in [-0.25, -0.2) is 0 Å². The molecule has 0 radical (unpaired) electrons. The predicted octanol–water partition coefficient (Wildman–Crippen LogP) is 2.37. The molecule has 0 saturated carbocycles. The summed E-state index contributed by atoms with van der Waals surface area (Å²) in [5, 5.41) is 3.49. The van der Waals surface area contributed by atoms with E-state index in [4.69, 9.17) is 16.3 Å². The molecule has 1 N–H and O–H groups in total. The molecular formula is C17H23ClN2O3. The minimum absolute atomic E-state index is 0.0640. The highest BCUT2D eigenvalue weighted by molar-refractivity contribution is 6.31. The molecule has 1 aliphatic rings. The van der Waals surface area contributed by atoms with Crippen molar-refractivity contribution >= 4 is 23.4 Å². The van der Waals surface area contributed by atoms with Crippen LogP contribution in [0.2, 0.25) is 5.02 Å². The zero-order chi connectivity index (χ0) is 16.7. The molecule has 1 unspecified atom stereocenters. The molecule has 5 nitrogen and oxygen atoms in total. The number of halogens is 1. The molecule has 1 atom stereocenters. The van der Waals surface area contributed by atoms with E-state index in [2.05, 4.69) is 5.32 Å². The van der Waals surface area contributed by atoms with E-state index < -0.39 is 0 Å². The summed E-state index contributed by atoms with van der Waals surface area (Å²) in [6.45, 7) is 3.60. The molecule has 0 bridgehead atoms. The fourth-order valence-electron chi connectivity index (χ4n) is 2.54. The second-order valence-electron chi connectivity index (χ2n) is 5.72. The van der Waals surface area contributed by atoms with Crippen LogP contribution >= 0.6 is 11.6 Å². The van der Waals surface area contributed by atoms with E-state index in [0.717, 1.165) is 25.0 Å². The van der Waals surface area contributed by atoms with Crippen LogP contribution in [-0.4, -0.2) is 42.5 Å². The fourth-order valence-corrected chi connectivity index (χ4v) is 2.73. The van der Waals surface area contributed by atoms with Gasteiger partial charge in [0.25, 0.3) is 0 Å². The number of nitrogens with zero attached hydrogens (tertiary/aromatic N) is 1. The molecule has 2 amide bonds. The average Bonchev–Trinajstić information content (AvgIpc) is 3.04. The zero-order valence-corrected chi connectivity index (χ0v) is 14.1. The van der Waals surface area contributed by atoms with Gasteiger partial charge in [0.2, 0.25) is 11.8 Å². The van der Waals surface area contributed by atoms with E-state index in [0.29, 0.717) is 24.7 Å². The molecule has 1 saturated heterocycles. The third kappa shape index (κ3) is 5.84. The third-order valence-electron chi connectivity index (χ3n) is 3.92. The average molecular weight is 339 g/mol. The lowest BCUT2D eigenvalue weighted by Crippen LogP contribution is -2.36. The second kappa shape index (κ2) is 8.89. The van der Waals surface area contributed by atoms with E-state index in [-0.39, 0.29) is 24.3 Å². The first-order valence-corrected chi connectivity index (χ1v) is 8.31. The van der Waals surface area contributed by atoms with Crippen molar-refractivity contribution in [3.63, 3.8) is 0 Å². The smallest absolute Gasteiger partial charge is 0.221 e. The van der Waals surface area contributed by atoms with Crippen LogP contribution in [0.5, 0.6) is 0 Å². The number of nitrogens with one attached hydrogen (secondary N) is 1. The molecule has 0 spiro atoms. The molecule has 0 aliphatic carbocycles. The molecule has 1 aliphatic heterocycles. The monoisotopic (exact) mass is 338 g/mol. The number of hydrogen-bond donors (Lipinski definition) is 1. The minimum atomic E-state index is -0.0724. The summed E-state index contributed by atoms with van der Waals surface area (Å²) in [7, 11) is 0. The van der Waals surface area contributed by atoms with E-state index >= 15 is 0 Å². The Hall–Kier alpha value is -1.59. The maximum atomic E-state index is 11.9. The molecule has 126 valence electrons. The first kappa shape index (κ1) is 17.8. The van der Waals surface area contributed by atoms with Crippen LogP contribution in [0.15, 0.2) is 24.3 Å². The minimum Gasteiger partial charge on any atom is -0.376 e. The van der Waals surface area contributed by atoms with Crippen LogP contribution in [0.25, 0.3) is 0 Å². The van der Waals surface area contributed by atoms with Crippen LogP contribution < -0.4 is 5.32 Å². The van der Waals surface area contributed by atoms with Gasteiger partial charge < -0.3 is 15.0 Å². The van der Waals surface area contributed by atoms with Gasteiger partial charge in [-0.3, -0.25) is 9.59 Å². The molecule has 1 aromatic carbocycles. The Morgan fingerprint density at radius 3 is 2.83 bits per heavy atom. The van der Waals surface area contributed by atoms with Gasteiger partial charge in [-0.2, -0.15) is 0 Å². The van der Waals surface area contributed by atoms with Gasteiger partial charge in [0, 0.05) is 44.6 Å². The van der Waals surface area contributed by atoms with Crippen molar-refractivity contribution in [2.45, 2.75) is 38.8 Å². The highest BCUT2D eigenvalue weighted by Crippen LogP contribution is 2.17. The molecule has 2 rings (SSSR count). The summed E-state index contributed by atoms with van der Waals surface area (Å²) in [5.74, 6) is -0.136. The number of hydrogen-bond acceptors (Lipinski definition) is 3. The molecule has 1 fully saturated rings. The summed E-state index contributed by atoms with van der Waals surface area (Å²) in [6.07, 6.45) is 2.45. The highest BCUT2D eigenvalue weighted by Gasteiger charge is 2.17. The van der Waals surface area contributed by atoms with Crippen molar-refractivity contribution < 1.29 is 14.3 Å². The Kier molecular flexibility index (Phi) is 6.86. The number of carbonyl (C=O) groups is 2. The van der Waals surface area contributed by atoms with Crippen molar-refractivity contribution in [2.75, 3.05) is 19.7 Å². The summed E-state index contributed by atoms with van der Waals surface area (Å²) < 4.78 is 5.47. The molecule has 1 heterocycles. The lowest BCUT2D eigenvalue weighted by Gasteiger charge is -2.21. The van der Waals surface area contributed by atoms with Crippen LogP contribution in [-0.2, 0) is 20.9 Å². The van der Waals surface area contributed by atoms with Gasteiger partial charge in [0.1, 0.15) is 0 Å². The Balaban J connectivity index is 1.78. The fraction of sp³-hybridized carbons (Fsp3) is 0.529. The number of ether oxygens (including phenoxy) is 1. The summed E-state index contributed by atoms with van der Waals surface area (Å²) in [4.78, 5) is 25.3. The van der Waals surface area contributed by atoms with Gasteiger partial charge in [-0.05, 0) is 24.5 Å². The molecule has 1 aromatic rings. The number of benzene rings is 1. The van der Waals surface area contributed by atoms with Gasteiger partial charge in [0.05, 0.1) is 6.10 Å².